The fourth-order valence-corrected chi connectivity index (χ4v) is 1.98. The van der Waals surface area contributed by atoms with Crippen molar-refractivity contribution in [1.82, 2.24) is 4.90 Å². The lowest BCUT2D eigenvalue weighted by Crippen LogP contribution is -2.26. The van der Waals surface area contributed by atoms with Crippen LogP contribution in [-0.2, 0) is 0 Å². The van der Waals surface area contributed by atoms with Gasteiger partial charge in [-0.2, -0.15) is 0 Å². The molecule has 3 nitrogen and oxygen atoms in total. The van der Waals surface area contributed by atoms with Crippen LogP contribution in [0.3, 0.4) is 0 Å². The van der Waals surface area contributed by atoms with Crippen molar-refractivity contribution in [1.29, 1.82) is 0 Å². The molecule has 0 fully saturated rings. The molecule has 0 atom stereocenters. The highest BCUT2D eigenvalue weighted by molar-refractivity contribution is 6.01. The monoisotopic (exact) mass is 381 g/mol. The lowest BCUT2D eigenvalue weighted by molar-refractivity contribution is 0.0799. The molecule has 0 aliphatic carbocycles. The normalized spacial score (nSPS) is 9.75. The maximum atomic E-state index is 12.0. The predicted octanol–water partition coefficient (Wildman–Crippen LogP) is 6.75. The molecule has 2 aromatic rings. The smallest absolute Gasteiger partial charge is 0.257 e. The number of carbonyl (C=O) groups excluding carboxylic acids is 1. The Hall–Kier alpha value is -2.81. The van der Waals surface area contributed by atoms with Crippen LogP contribution in [0.15, 0.2) is 73.4 Å². The highest BCUT2D eigenvalue weighted by atomic mass is 16.3. The van der Waals surface area contributed by atoms with Crippen molar-refractivity contribution in [3.63, 3.8) is 0 Å². The Morgan fingerprint density at radius 1 is 1.14 bits per heavy atom. The van der Waals surface area contributed by atoms with E-state index in [2.05, 4.69) is 33.1 Å². The van der Waals surface area contributed by atoms with Gasteiger partial charge in [0.15, 0.2) is 0 Å². The van der Waals surface area contributed by atoms with Crippen LogP contribution < -0.4 is 0 Å². The van der Waals surface area contributed by atoms with E-state index in [0.717, 1.165) is 23.6 Å². The van der Waals surface area contributed by atoms with E-state index < -0.39 is 0 Å². The second-order valence-corrected chi connectivity index (χ2v) is 6.42. The summed E-state index contributed by atoms with van der Waals surface area (Å²) < 4.78 is 0. The zero-order chi connectivity index (χ0) is 21.5. The number of aromatic hydroxyl groups is 1. The molecule has 0 heterocycles. The Kier molecular flexibility index (Phi) is 12.8. The van der Waals surface area contributed by atoms with Crippen LogP contribution in [0.4, 0.5) is 0 Å². The maximum absolute atomic E-state index is 12.0. The molecular formula is C25H35NO2. The first-order valence-electron chi connectivity index (χ1n) is 9.71. The Bertz CT molecular complexity index is 790. The second kappa shape index (κ2) is 14.3. The Balaban J connectivity index is 0.000000550. The zero-order valence-electron chi connectivity index (χ0n) is 18.0. The van der Waals surface area contributed by atoms with Crippen molar-refractivity contribution >= 4 is 16.7 Å². The maximum Gasteiger partial charge on any atom is 0.257 e. The third-order valence-electron chi connectivity index (χ3n) is 4.03. The lowest BCUT2D eigenvalue weighted by Gasteiger charge is -2.15. The van der Waals surface area contributed by atoms with Crippen molar-refractivity contribution in [2.24, 2.45) is 0 Å². The van der Waals surface area contributed by atoms with E-state index >= 15 is 0 Å². The number of nitrogens with zero attached hydrogens (tertiary/aromatic N) is 1. The first-order valence-corrected chi connectivity index (χ1v) is 9.71. The summed E-state index contributed by atoms with van der Waals surface area (Å²) in [6.07, 6.45) is 8.00. The Morgan fingerprint density at radius 2 is 1.68 bits per heavy atom. The van der Waals surface area contributed by atoms with Crippen LogP contribution in [0.2, 0.25) is 0 Å². The molecule has 0 unspecified atom stereocenters. The molecular weight excluding hydrogens is 346 g/mol. The van der Waals surface area contributed by atoms with Crippen LogP contribution in [0, 0.1) is 0 Å². The van der Waals surface area contributed by atoms with Crippen LogP contribution in [0.5, 0.6) is 5.75 Å². The minimum Gasteiger partial charge on any atom is -0.507 e. The number of hydrogen-bond acceptors (Lipinski definition) is 2. The number of phenolic OH excluding ortho intramolecular Hbond substituents is 1. The number of rotatable bonds is 5. The van der Waals surface area contributed by atoms with Crippen molar-refractivity contribution in [2.45, 2.75) is 40.5 Å². The molecule has 1 N–H and O–H groups in total. The van der Waals surface area contributed by atoms with Gasteiger partial charge in [0.1, 0.15) is 5.75 Å². The number of allylic oxidation sites excluding steroid dienone is 4. The van der Waals surface area contributed by atoms with Crippen molar-refractivity contribution in [3.05, 3.63) is 78.9 Å². The number of phenols is 1. The average Bonchev–Trinajstić information content (AvgIpc) is 2.71. The van der Waals surface area contributed by atoms with Crippen molar-refractivity contribution in [3.8, 4) is 5.75 Å². The number of fused-ring (bicyclic) bond motifs is 1. The third-order valence-corrected chi connectivity index (χ3v) is 4.03. The van der Waals surface area contributed by atoms with E-state index in [-0.39, 0.29) is 11.7 Å². The van der Waals surface area contributed by atoms with Gasteiger partial charge in [0.2, 0.25) is 0 Å². The standard InChI is InChI=1S/C14H15NO2.C6H10.C5H10/c1-3-15(2)14(17)12-8-10-6-4-5-7-11(10)9-13(12)16;1-3-5-6-4-2;1-4-5(2)3/h4-9,16H,3H2,1-2H3;3,5-6H,1,4H2,2H3;2,4H2,1,3H3/b;6-5-;. The first kappa shape index (κ1) is 25.2. The van der Waals surface area contributed by atoms with E-state index in [1.165, 1.54) is 5.57 Å². The summed E-state index contributed by atoms with van der Waals surface area (Å²) in [6, 6.07) is 11.0. The van der Waals surface area contributed by atoms with Gasteiger partial charge >= 0.3 is 0 Å². The van der Waals surface area contributed by atoms with Gasteiger partial charge in [-0.15, -0.1) is 6.58 Å². The van der Waals surface area contributed by atoms with Gasteiger partial charge in [0, 0.05) is 13.6 Å². The highest BCUT2D eigenvalue weighted by Gasteiger charge is 2.15. The van der Waals surface area contributed by atoms with Crippen LogP contribution >= 0.6 is 0 Å². The second-order valence-electron chi connectivity index (χ2n) is 6.42. The minimum absolute atomic E-state index is 0.0361. The summed E-state index contributed by atoms with van der Waals surface area (Å²) in [7, 11) is 1.72. The van der Waals surface area contributed by atoms with E-state index in [0.29, 0.717) is 12.1 Å². The van der Waals surface area contributed by atoms with Gasteiger partial charge < -0.3 is 10.0 Å². The molecule has 0 radical (unpaired) electrons. The average molecular weight is 382 g/mol. The molecule has 3 heteroatoms. The van der Waals surface area contributed by atoms with Gasteiger partial charge in [-0.1, -0.05) is 68.5 Å². The van der Waals surface area contributed by atoms with Gasteiger partial charge in [-0.05, 0) is 49.6 Å². The zero-order valence-corrected chi connectivity index (χ0v) is 18.0. The first-order chi connectivity index (χ1) is 13.3. The molecule has 0 aliphatic heterocycles. The molecule has 152 valence electrons. The van der Waals surface area contributed by atoms with Crippen LogP contribution in [-0.4, -0.2) is 29.5 Å². The van der Waals surface area contributed by atoms with Gasteiger partial charge in [-0.25, -0.2) is 0 Å². The highest BCUT2D eigenvalue weighted by Crippen LogP contribution is 2.25. The summed E-state index contributed by atoms with van der Waals surface area (Å²) in [4.78, 5) is 13.6. The molecule has 0 aliphatic rings. The summed E-state index contributed by atoms with van der Waals surface area (Å²) in [6.45, 7) is 15.9. The summed E-state index contributed by atoms with van der Waals surface area (Å²) >= 11 is 0. The SMILES string of the molecule is C=C(C)CC.C=C/C=C\CC.CCN(C)C(=O)c1cc2ccccc2cc1O. The molecule has 0 saturated carbocycles. The number of carbonyl (C=O) groups is 1. The minimum atomic E-state index is -0.157. The fourth-order valence-electron chi connectivity index (χ4n) is 1.98. The van der Waals surface area contributed by atoms with E-state index in [9.17, 15) is 9.90 Å². The fraction of sp³-hybridized carbons (Fsp3) is 0.320. The van der Waals surface area contributed by atoms with E-state index in [1.807, 2.05) is 44.2 Å². The van der Waals surface area contributed by atoms with E-state index in [4.69, 9.17) is 0 Å². The van der Waals surface area contributed by atoms with Crippen LogP contribution in [0.1, 0.15) is 50.9 Å². The lowest BCUT2D eigenvalue weighted by atomic mass is 10.1. The Morgan fingerprint density at radius 3 is 2.07 bits per heavy atom. The van der Waals surface area contributed by atoms with E-state index in [1.54, 1.807) is 30.2 Å². The van der Waals surface area contributed by atoms with Gasteiger partial charge in [-0.3, -0.25) is 4.79 Å². The van der Waals surface area contributed by atoms with Gasteiger partial charge in [0.25, 0.3) is 5.91 Å². The molecule has 2 rings (SSSR count). The quantitative estimate of drug-likeness (QED) is 0.460. The molecule has 0 saturated heterocycles. The number of benzene rings is 2. The summed E-state index contributed by atoms with van der Waals surface area (Å²) in [5.41, 5.74) is 1.61. The number of amides is 1. The third kappa shape index (κ3) is 9.22. The largest absolute Gasteiger partial charge is 0.507 e. The van der Waals surface area contributed by atoms with Gasteiger partial charge in [0.05, 0.1) is 5.56 Å². The Labute approximate surface area is 170 Å². The molecule has 0 spiro atoms. The van der Waals surface area contributed by atoms with Crippen molar-refractivity contribution in [2.75, 3.05) is 13.6 Å². The molecule has 0 aromatic heterocycles. The number of hydrogen-bond donors (Lipinski definition) is 1. The predicted molar refractivity (Wildman–Crippen MR) is 123 cm³/mol. The van der Waals surface area contributed by atoms with Crippen LogP contribution in [0.25, 0.3) is 10.8 Å². The topological polar surface area (TPSA) is 40.5 Å². The molecule has 2 aromatic carbocycles. The molecule has 0 bridgehead atoms. The summed E-state index contributed by atoms with van der Waals surface area (Å²) in [5.74, 6) is -0.121. The van der Waals surface area contributed by atoms with Crippen molar-refractivity contribution < 1.29 is 9.90 Å². The summed E-state index contributed by atoms with van der Waals surface area (Å²) in [5, 5.41) is 11.8. The molecule has 1 amide bonds. The molecule has 28 heavy (non-hydrogen) atoms.